The van der Waals surface area contributed by atoms with Gasteiger partial charge in [0.2, 0.25) is 0 Å². The fraction of sp³-hybridized carbons (Fsp3) is 0. The normalized spacial score (nSPS) is 11.5. The van der Waals surface area contributed by atoms with E-state index in [0.717, 1.165) is 33.2 Å². The fourth-order valence-corrected chi connectivity index (χ4v) is 9.10. The minimum Gasteiger partial charge on any atom is -0.208 e. The van der Waals surface area contributed by atoms with Gasteiger partial charge in [0.25, 0.3) is 0 Å². The van der Waals surface area contributed by atoms with Crippen LogP contribution in [0.3, 0.4) is 0 Å². The number of aromatic nitrogens is 3. The second kappa shape index (κ2) is 13.8. The van der Waals surface area contributed by atoms with Crippen LogP contribution in [0.4, 0.5) is 0 Å². The van der Waals surface area contributed by atoms with Gasteiger partial charge in [-0.05, 0) is 91.3 Å². The first kappa shape index (κ1) is 33.1. The Bertz CT molecular complexity index is 3290. The lowest BCUT2D eigenvalue weighted by molar-refractivity contribution is 1.08. The van der Waals surface area contributed by atoms with Crippen molar-refractivity contribution in [2.45, 2.75) is 0 Å². The van der Waals surface area contributed by atoms with Crippen molar-refractivity contribution < 1.29 is 0 Å². The van der Waals surface area contributed by atoms with E-state index in [2.05, 4.69) is 200 Å². The first-order chi connectivity index (χ1) is 28.2. The molecule has 57 heavy (non-hydrogen) atoms. The Morgan fingerprint density at radius 3 is 1.49 bits per heavy atom. The molecule has 0 saturated carbocycles. The van der Waals surface area contributed by atoms with Gasteiger partial charge < -0.3 is 0 Å². The Labute approximate surface area is 334 Å². The quantitative estimate of drug-likeness (QED) is 0.170. The van der Waals surface area contributed by atoms with Gasteiger partial charge in [-0.1, -0.05) is 164 Å². The molecule has 0 aliphatic heterocycles. The summed E-state index contributed by atoms with van der Waals surface area (Å²) >= 11 is 1.80. The second-order valence-corrected chi connectivity index (χ2v) is 15.5. The molecule has 11 rings (SSSR count). The standard InChI is InChI=1S/C53H33N3S/c1-2-10-34(11-3-1)40-26-27-43-33-45(29-28-42(43)31-40)52-54-51(55-53(56-52)47-17-9-19-49-50(47)46-16-6-7-18-48(46)57-49)44-15-8-14-39(32-44)36-20-22-37(23-21-36)41-25-24-35-12-4-5-13-38(35)30-41/h1-33H. The van der Waals surface area contributed by atoms with Crippen molar-refractivity contribution in [1.29, 1.82) is 0 Å². The third-order valence-electron chi connectivity index (χ3n) is 10.9. The van der Waals surface area contributed by atoms with Crippen molar-refractivity contribution >= 4 is 53.1 Å². The van der Waals surface area contributed by atoms with Crippen molar-refractivity contribution in [3.8, 4) is 67.5 Å². The predicted octanol–water partition coefficient (Wildman–Crippen LogP) is 14.5. The molecule has 2 heterocycles. The van der Waals surface area contributed by atoms with Crippen molar-refractivity contribution in [2.24, 2.45) is 0 Å². The van der Waals surface area contributed by atoms with Gasteiger partial charge in [0.05, 0.1) is 0 Å². The summed E-state index contributed by atoms with van der Waals surface area (Å²) in [6.45, 7) is 0. The van der Waals surface area contributed by atoms with Crippen LogP contribution in [0.2, 0.25) is 0 Å². The molecule has 2 aromatic heterocycles. The average molecular weight is 744 g/mol. The van der Waals surface area contributed by atoms with Crippen LogP contribution in [-0.2, 0) is 0 Å². The maximum Gasteiger partial charge on any atom is 0.164 e. The monoisotopic (exact) mass is 743 g/mol. The molecule has 0 spiro atoms. The van der Waals surface area contributed by atoms with Gasteiger partial charge in [0.1, 0.15) is 0 Å². The van der Waals surface area contributed by atoms with Crippen LogP contribution in [0, 0.1) is 0 Å². The number of nitrogens with zero attached hydrogens (tertiary/aromatic N) is 3. The van der Waals surface area contributed by atoms with Crippen molar-refractivity contribution in [2.75, 3.05) is 0 Å². The summed E-state index contributed by atoms with van der Waals surface area (Å²) in [6.07, 6.45) is 0. The molecule has 266 valence electrons. The highest BCUT2D eigenvalue weighted by Crippen LogP contribution is 2.40. The zero-order valence-electron chi connectivity index (χ0n) is 30.8. The number of thiophene rings is 1. The van der Waals surface area contributed by atoms with Crippen LogP contribution in [0.25, 0.3) is 109 Å². The lowest BCUT2D eigenvalue weighted by Gasteiger charge is -2.12. The summed E-state index contributed by atoms with van der Waals surface area (Å²) in [7, 11) is 0. The number of hydrogen-bond donors (Lipinski definition) is 0. The summed E-state index contributed by atoms with van der Waals surface area (Å²) in [5.74, 6) is 1.94. The maximum absolute atomic E-state index is 5.24. The molecule has 0 atom stereocenters. The largest absolute Gasteiger partial charge is 0.208 e. The molecule has 0 amide bonds. The molecule has 0 saturated heterocycles. The summed E-state index contributed by atoms with van der Waals surface area (Å²) in [6, 6.07) is 71.2. The van der Waals surface area contributed by atoms with Gasteiger partial charge in [0.15, 0.2) is 17.5 Å². The maximum atomic E-state index is 5.24. The topological polar surface area (TPSA) is 38.7 Å². The van der Waals surface area contributed by atoms with Crippen molar-refractivity contribution in [3.05, 3.63) is 200 Å². The fourth-order valence-electron chi connectivity index (χ4n) is 7.97. The highest BCUT2D eigenvalue weighted by atomic mass is 32.1. The molecular weight excluding hydrogens is 711 g/mol. The van der Waals surface area contributed by atoms with E-state index in [4.69, 9.17) is 15.0 Å². The summed E-state index contributed by atoms with van der Waals surface area (Å²) in [5.41, 5.74) is 9.92. The summed E-state index contributed by atoms with van der Waals surface area (Å²) in [4.78, 5) is 15.7. The van der Waals surface area contributed by atoms with E-state index in [-0.39, 0.29) is 0 Å². The minimum atomic E-state index is 0.640. The third-order valence-corrected chi connectivity index (χ3v) is 12.0. The summed E-state index contributed by atoms with van der Waals surface area (Å²) in [5, 5.41) is 7.18. The SMILES string of the molecule is c1ccc(-c2ccc3cc(-c4nc(-c5cccc(-c6ccc(-c7ccc8ccccc8c7)cc6)c5)nc(-c5cccc6sc7ccccc7c56)n4)ccc3c2)cc1. The van der Waals surface area contributed by atoms with E-state index < -0.39 is 0 Å². The van der Waals surface area contributed by atoms with Gasteiger partial charge in [-0.3, -0.25) is 0 Å². The summed E-state index contributed by atoms with van der Waals surface area (Å²) < 4.78 is 2.46. The Hall–Kier alpha value is -7.27. The van der Waals surface area contributed by atoms with Gasteiger partial charge in [-0.2, -0.15) is 0 Å². The molecule has 0 aliphatic carbocycles. The third kappa shape index (κ3) is 6.13. The van der Waals surface area contributed by atoms with Crippen molar-refractivity contribution in [3.63, 3.8) is 0 Å². The van der Waals surface area contributed by atoms with E-state index in [9.17, 15) is 0 Å². The van der Waals surface area contributed by atoms with E-state index in [1.54, 1.807) is 11.3 Å². The van der Waals surface area contributed by atoms with Crippen LogP contribution < -0.4 is 0 Å². The Kier molecular flexibility index (Phi) is 8.01. The van der Waals surface area contributed by atoms with Gasteiger partial charge in [-0.25, -0.2) is 15.0 Å². The van der Waals surface area contributed by atoms with E-state index in [0.29, 0.717) is 17.5 Å². The van der Waals surface area contributed by atoms with E-state index in [1.165, 1.54) is 58.6 Å². The molecule has 0 bridgehead atoms. The van der Waals surface area contributed by atoms with Gasteiger partial charge in [0, 0.05) is 36.9 Å². The average Bonchev–Trinajstić information content (AvgIpc) is 3.68. The van der Waals surface area contributed by atoms with Crippen LogP contribution in [0.15, 0.2) is 200 Å². The molecular formula is C53H33N3S. The molecule has 0 aliphatic rings. The Balaban J connectivity index is 1.02. The van der Waals surface area contributed by atoms with Crippen LogP contribution in [0.5, 0.6) is 0 Å². The molecule has 4 heteroatoms. The van der Waals surface area contributed by atoms with Crippen LogP contribution >= 0.6 is 11.3 Å². The first-order valence-corrected chi connectivity index (χ1v) is 20.0. The van der Waals surface area contributed by atoms with Crippen LogP contribution in [0.1, 0.15) is 0 Å². The highest BCUT2D eigenvalue weighted by molar-refractivity contribution is 7.25. The predicted molar refractivity (Wildman–Crippen MR) is 240 cm³/mol. The second-order valence-electron chi connectivity index (χ2n) is 14.4. The number of fused-ring (bicyclic) bond motifs is 5. The zero-order chi connectivity index (χ0) is 37.7. The lowest BCUT2D eigenvalue weighted by atomic mass is 9.97. The van der Waals surface area contributed by atoms with Gasteiger partial charge >= 0.3 is 0 Å². The Morgan fingerprint density at radius 1 is 0.281 bits per heavy atom. The van der Waals surface area contributed by atoms with Gasteiger partial charge in [-0.15, -0.1) is 11.3 Å². The molecule has 0 fully saturated rings. The van der Waals surface area contributed by atoms with E-state index in [1.807, 2.05) is 0 Å². The molecule has 0 N–H and O–H groups in total. The van der Waals surface area contributed by atoms with Crippen molar-refractivity contribution in [1.82, 2.24) is 15.0 Å². The van der Waals surface area contributed by atoms with Crippen LogP contribution in [-0.4, -0.2) is 15.0 Å². The van der Waals surface area contributed by atoms with E-state index >= 15 is 0 Å². The number of hydrogen-bond acceptors (Lipinski definition) is 4. The highest BCUT2D eigenvalue weighted by Gasteiger charge is 2.18. The number of benzene rings is 9. The number of rotatable bonds is 6. The molecule has 9 aromatic carbocycles. The minimum absolute atomic E-state index is 0.640. The first-order valence-electron chi connectivity index (χ1n) is 19.2. The molecule has 11 aromatic rings. The Morgan fingerprint density at radius 2 is 0.737 bits per heavy atom. The lowest BCUT2D eigenvalue weighted by Crippen LogP contribution is -2.00. The molecule has 0 radical (unpaired) electrons. The molecule has 0 unspecified atom stereocenters. The zero-order valence-corrected chi connectivity index (χ0v) is 31.6. The smallest absolute Gasteiger partial charge is 0.164 e. The molecule has 3 nitrogen and oxygen atoms in total.